The second-order valence-corrected chi connectivity index (χ2v) is 6.08. The highest BCUT2D eigenvalue weighted by atomic mass is 19.4. The molecule has 0 bridgehead atoms. The molecule has 0 aromatic carbocycles. The molecule has 2 aromatic rings. The molecule has 0 spiro atoms. The Morgan fingerprint density at radius 3 is 2.50 bits per heavy atom. The van der Waals surface area contributed by atoms with Gasteiger partial charge in [0.2, 0.25) is 0 Å². The summed E-state index contributed by atoms with van der Waals surface area (Å²) in [7, 11) is 0. The number of carbonyl (C=O) groups excluding carboxylic acids is 1. The summed E-state index contributed by atoms with van der Waals surface area (Å²) >= 11 is 0. The number of amides is 1. The second kappa shape index (κ2) is 8.53. The van der Waals surface area contributed by atoms with Gasteiger partial charge in [-0.05, 0) is 31.6 Å². The molecule has 26 heavy (non-hydrogen) atoms. The van der Waals surface area contributed by atoms with Crippen LogP contribution in [0.1, 0.15) is 48.9 Å². The fourth-order valence-corrected chi connectivity index (χ4v) is 2.86. The standard InChI is InChI=1S/C18H25F3N4O/c1-4-7-14-16(17(26)22-10-11-24(5-2)6-3)25-12-13(18(19,20)21)8-9-15(25)23-14/h8-9,12H,4-7,10-11H2,1-3H3,(H,22,26). The summed E-state index contributed by atoms with van der Waals surface area (Å²) in [5, 5.41) is 2.81. The van der Waals surface area contributed by atoms with Crippen LogP contribution in [-0.4, -0.2) is 46.4 Å². The summed E-state index contributed by atoms with van der Waals surface area (Å²) in [6.45, 7) is 8.87. The minimum Gasteiger partial charge on any atom is -0.349 e. The van der Waals surface area contributed by atoms with Gasteiger partial charge in [-0.2, -0.15) is 13.2 Å². The van der Waals surface area contributed by atoms with E-state index >= 15 is 0 Å². The van der Waals surface area contributed by atoms with Crippen molar-refractivity contribution in [2.45, 2.75) is 39.8 Å². The number of hydrogen-bond donors (Lipinski definition) is 1. The number of imidazole rings is 1. The largest absolute Gasteiger partial charge is 0.417 e. The number of pyridine rings is 1. The predicted molar refractivity (Wildman–Crippen MR) is 94.3 cm³/mol. The van der Waals surface area contributed by atoms with Gasteiger partial charge >= 0.3 is 6.18 Å². The van der Waals surface area contributed by atoms with Crippen molar-refractivity contribution in [1.82, 2.24) is 19.6 Å². The summed E-state index contributed by atoms with van der Waals surface area (Å²) in [4.78, 5) is 19.2. The van der Waals surface area contributed by atoms with Crippen molar-refractivity contribution >= 4 is 11.6 Å². The van der Waals surface area contributed by atoms with Gasteiger partial charge in [0.05, 0.1) is 11.3 Å². The van der Waals surface area contributed by atoms with Crippen molar-refractivity contribution in [3.05, 3.63) is 35.3 Å². The Bertz CT molecular complexity index is 751. The maximum atomic E-state index is 13.0. The number of halogens is 3. The topological polar surface area (TPSA) is 49.6 Å². The van der Waals surface area contributed by atoms with Gasteiger partial charge in [-0.3, -0.25) is 9.20 Å². The zero-order chi connectivity index (χ0) is 19.3. The number of nitrogens with zero attached hydrogens (tertiary/aromatic N) is 3. The van der Waals surface area contributed by atoms with Gasteiger partial charge in [0.25, 0.3) is 5.91 Å². The molecule has 1 N–H and O–H groups in total. The van der Waals surface area contributed by atoms with Gasteiger partial charge in [-0.25, -0.2) is 4.98 Å². The van der Waals surface area contributed by atoms with Crippen LogP contribution < -0.4 is 5.32 Å². The minimum absolute atomic E-state index is 0.187. The first kappa shape index (κ1) is 20.2. The van der Waals surface area contributed by atoms with E-state index < -0.39 is 17.6 Å². The van der Waals surface area contributed by atoms with E-state index in [-0.39, 0.29) is 5.69 Å². The second-order valence-electron chi connectivity index (χ2n) is 6.08. The number of rotatable bonds is 8. The molecule has 0 atom stereocenters. The number of aryl methyl sites for hydroxylation is 1. The summed E-state index contributed by atoms with van der Waals surface area (Å²) < 4.78 is 40.3. The minimum atomic E-state index is -4.47. The summed E-state index contributed by atoms with van der Waals surface area (Å²) in [5.74, 6) is -0.396. The quantitative estimate of drug-likeness (QED) is 0.775. The molecular formula is C18H25F3N4O. The molecule has 0 aliphatic carbocycles. The smallest absolute Gasteiger partial charge is 0.349 e. The first-order valence-corrected chi connectivity index (χ1v) is 8.90. The molecule has 0 aliphatic rings. The van der Waals surface area contributed by atoms with Crippen LogP contribution in [0, 0.1) is 0 Å². The van der Waals surface area contributed by atoms with E-state index in [9.17, 15) is 18.0 Å². The summed E-state index contributed by atoms with van der Waals surface area (Å²) in [6, 6.07) is 2.29. The van der Waals surface area contributed by atoms with Crippen LogP contribution in [-0.2, 0) is 12.6 Å². The van der Waals surface area contributed by atoms with Crippen LogP contribution in [0.2, 0.25) is 0 Å². The maximum Gasteiger partial charge on any atom is 0.417 e. The van der Waals surface area contributed by atoms with E-state index in [1.165, 1.54) is 10.5 Å². The lowest BCUT2D eigenvalue weighted by atomic mass is 10.2. The number of nitrogens with one attached hydrogen (secondary N) is 1. The average Bonchev–Trinajstić information content (AvgIpc) is 2.95. The Labute approximate surface area is 151 Å². The van der Waals surface area contributed by atoms with E-state index in [2.05, 4.69) is 15.2 Å². The third-order valence-corrected chi connectivity index (χ3v) is 4.33. The van der Waals surface area contributed by atoms with Gasteiger partial charge in [0.15, 0.2) is 0 Å². The third-order valence-electron chi connectivity index (χ3n) is 4.33. The Morgan fingerprint density at radius 2 is 1.92 bits per heavy atom. The Balaban J connectivity index is 2.32. The normalized spacial score (nSPS) is 12.1. The highest BCUT2D eigenvalue weighted by Crippen LogP contribution is 2.30. The van der Waals surface area contributed by atoms with Crippen molar-refractivity contribution in [2.24, 2.45) is 0 Å². The maximum absolute atomic E-state index is 13.0. The lowest BCUT2D eigenvalue weighted by Crippen LogP contribution is -2.35. The first-order chi connectivity index (χ1) is 12.3. The zero-order valence-corrected chi connectivity index (χ0v) is 15.4. The van der Waals surface area contributed by atoms with Crippen LogP contribution in [0.3, 0.4) is 0 Å². The highest BCUT2D eigenvalue weighted by molar-refractivity contribution is 5.94. The van der Waals surface area contributed by atoms with Crippen LogP contribution in [0.4, 0.5) is 13.2 Å². The molecule has 0 unspecified atom stereocenters. The number of alkyl halides is 3. The Morgan fingerprint density at radius 1 is 1.23 bits per heavy atom. The number of hydrogen-bond acceptors (Lipinski definition) is 3. The molecule has 0 aliphatic heterocycles. The van der Waals surface area contributed by atoms with Gasteiger partial charge in [0.1, 0.15) is 11.3 Å². The molecule has 0 saturated carbocycles. The molecule has 2 rings (SSSR count). The van der Waals surface area contributed by atoms with Gasteiger partial charge < -0.3 is 10.2 Å². The monoisotopic (exact) mass is 370 g/mol. The number of aromatic nitrogens is 2. The Hall–Kier alpha value is -2.09. The third kappa shape index (κ3) is 4.55. The molecular weight excluding hydrogens is 345 g/mol. The SMILES string of the molecule is CCCc1nc2ccc(C(F)(F)F)cn2c1C(=O)NCCN(CC)CC. The number of carbonyl (C=O) groups is 1. The van der Waals surface area contributed by atoms with Crippen molar-refractivity contribution in [3.8, 4) is 0 Å². The van der Waals surface area contributed by atoms with Crippen LogP contribution in [0.5, 0.6) is 0 Å². The van der Waals surface area contributed by atoms with Gasteiger partial charge in [-0.1, -0.05) is 27.2 Å². The molecule has 0 saturated heterocycles. The molecule has 2 heterocycles. The fraction of sp³-hybridized carbons (Fsp3) is 0.556. The predicted octanol–water partition coefficient (Wildman–Crippen LogP) is 3.38. The van der Waals surface area contributed by atoms with E-state index in [1.54, 1.807) is 0 Å². The van der Waals surface area contributed by atoms with Crippen LogP contribution in [0.25, 0.3) is 5.65 Å². The fourth-order valence-electron chi connectivity index (χ4n) is 2.86. The average molecular weight is 370 g/mol. The molecule has 2 aromatic heterocycles. The molecule has 0 fully saturated rings. The molecule has 5 nitrogen and oxygen atoms in total. The van der Waals surface area contributed by atoms with Gasteiger partial charge in [-0.15, -0.1) is 0 Å². The number of likely N-dealkylation sites (N-methyl/N-ethyl adjacent to an activating group) is 1. The van der Waals surface area contributed by atoms with E-state index in [0.29, 0.717) is 30.9 Å². The van der Waals surface area contributed by atoms with Crippen molar-refractivity contribution in [1.29, 1.82) is 0 Å². The van der Waals surface area contributed by atoms with Gasteiger partial charge in [0, 0.05) is 19.3 Å². The van der Waals surface area contributed by atoms with Crippen LogP contribution >= 0.6 is 0 Å². The van der Waals surface area contributed by atoms with Crippen LogP contribution in [0.15, 0.2) is 18.3 Å². The Kier molecular flexibility index (Phi) is 6.63. The van der Waals surface area contributed by atoms with Crippen molar-refractivity contribution in [3.63, 3.8) is 0 Å². The van der Waals surface area contributed by atoms with Crippen molar-refractivity contribution in [2.75, 3.05) is 26.2 Å². The lowest BCUT2D eigenvalue weighted by molar-refractivity contribution is -0.137. The molecule has 0 radical (unpaired) electrons. The van der Waals surface area contributed by atoms with E-state index in [4.69, 9.17) is 0 Å². The van der Waals surface area contributed by atoms with E-state index in [1.807, 2.05) is 20.8 Å². The van der Waals surface area contributed by atoms with Crippen molar-refractivity contribution < 1.29 is 18.0 Å². The highest BCUT2D eigenvalue weighted by Gasteiger charge is 2.31. The molecule has 8 heteroatoms. The van der Waals surface area contributed by atoms with E-state index in [0.717, 1.165) is 31.8 Å². The summed E-state index contributed by atoms with van der Waals surface area (Å²) in [6.07, 6.45) is -2.25. The summed E-state index contributed by atoms with van der Waals surface area (Å²) in [5.41, 5.74) is 0.248. The number of fused-ring (bicyclic) bond motifs is 1. The molecule has 144 valence electrons. The molecule has 1 amide bonds. The lowest BCUT2D eigenvalue weighted by Gasteiger charge is -2.18. The zero-order valence-electron chi connectivity index (χ0n) is 15.4. The first-order valence-electron chi connectivity index (χ1n) is 8.90.